The number of hydrogen-bond donors (Lipinski definition) is 2. The molecule has 1 atom stereocenters. The third-order valence-electron chi connectivity index (χ3n) is 6.13. The predicted molar refractivity (Wildman–Crippen MR) is 124 cm³/mol. The summed E-state index contributed by atoms with van der Waals surface area (Å²) in [5, 5.41) is 21.8. The molecule has 2 heterocycles. The summed E-state index contributed by atoms with van der Waals surface area (Å²) in [6.07, 6.45) is 1.68. The first kappa shape index (κ1) is 20.8. The lowest BCUT2D eigenvalue weighted by atomic mass is 9.94. The van der Waals surface area contributed by atoms with Gasteiger partial charge in [0.05, 0.1) is 23.9 Å². The number of ketones is 1. The topological polar surface area (TPSA) is 87.1 Å². The Bertz CT molecular complexity index is 1300. The molecule has 2 aliphatic heterocycles. The van der Waals surface area contributed by atoms with Gasteiger partial charge in [0.1, 0.15) is 17.3 Å². The minimum absolute atomic E-state index is 0.0104. The van der Waals surface area contributed by atoms with Crippen LogP contribution in [-0.4, -0.2) is 28.5 Å². The van der Waals surface area contributed by atoms with E-state index in [2.05, 4.69) is 0 Å². The van der Waals surface area contributed by atoms with E-state index in [1.54, 1.807) is 36.4 Å². The Hall–Kier alpha value is -4.06. The molecule has 1 saturated heterocycles. The normalized spacial score (nSPS) is 19.3. The van der Waals surface area contributed by atoms with Gasteiger partial charge in [0.25, 0.3) is 11.7 Å². The van der Waals surface area contributed by atoms with Crippen LogP contribution in [0.3, 0.4) is 0 Å². The Balaban J connectivity index is 1.71. The lowest BCUT2D eigenvalue weighted by Gasteiger charge is -2.26. The van der Waals surface area contributed by atoms with Crippen molar-refractivity contribution in [2.45, 2.75) is 25.8 Å². The Morgan fingerprint density at radius 2 is 1.82 bits per heavy atom. The van der Waals surface area contributed by atoms with E-state index in [9.17, 15) is 19.8 Å². The molecule has 1 unspecified atom stereocenters. The maximum atomic E-state index is 13.3. The molecule has 6 heteroatoms. The Morgan fingerprint density at radius 3 is 2.61 bits per heavy atom. The maximum Gasteiger partial charge on any atom is 0.300 e. The number of carbonyl (C=O) groups is 2. The molecule has 33 heavy (non-hydrogen) atoms. The highest BCUT2D eigenvalue weighted by molar-refractivity contribution is 6.51. The number of aromatic hydroxyl groups is 1. The van der Waals surface area contributed by atoms with E-state index in [0.717, 1.165) is 29.7 Å². The highest BCUT2D eigenvalue weighted by Gasteiger charge is 2.47. The molecular formula is C27H23NO5. The Kier molecular flexibility index (Phi) is 5.13. The predicted octanol–water partition coefficient (Wildman–Crippen LogP) is 4.65. The van der Waals surface area contributed by atoms with Crippen LogP contribution >= 0.6 is 0 Å². The van der Waals surface area contributed by atoms with E-state index in [-0.39, 0.29) is 22.8 Å². The van der Waals surface area contributed by atoms with E-state index in [1.807, 2.05) is 31.2 Å². The van der Waals surface area contributed by atoms with Gasteiger partial charge in [-0.2, -0.15) is 0 Å². The van der Waals surface area contributed by atoms with E-state index >= 15 is 0 Å². The van der Waals surface area contributed by atoms with Gasteiger partial charge in [-0.1, -0.05) is 36.4 Å². The number of nitrogens with zero attached hydrogens (tertiary/aromatic N) is 1. The summed E-state index contributed by atoms with van der Waals surface area (Å²) < 4.78 is 5.66. The zero-order chi connectivity index (χ0) is 23.1. The van der Waals surface area contributed by atoms with Crippen LogP contribution in [0.25, 0.3) is 5.76 Å². The molecule has 6 nitrogen and oxygen atoms in total. The van der Waals surface area contributed by atoms with Crippen LogP contribution in [0, 0.1) is 6.92 Å². The minimum atomic E-state index is -0.883. The summed E-state index contributed by atoms with van der Waals surface area (Å²) >= 11 is 0. The van der Waals surface area contributed by atoms with Crippen molar-refractivity contribution in [3.63, 3.8) is 0 Å². The molecule has 3 aromatic carbocycles. The van der Waals surface area contributed by atoms with Gasteiger partial charge in [-0.25, -0.2) is 0 Å². The molecule has 3 aromatic rings. The van der Waals surface area contributed by atoms with Gasteiger partial charge in [-0.3, -0.25) is 14.5 Å². The molecule has 5 rings (SSSR count). The second kappa shape index (κ2) is 8.13. The number of rotatable bonds is 3. The smallest absolute Gasteiger partial charge is 0.300 e. The van der Waals surface area contributed by atoms with Gasteiger partial charge in [0.2, 0.25) is 0 Å². The SMILES string of the molecule is Cc1ccc(O)c(N2C(=O)C(=O)/C(=C(\O)c3ccc4c(c3)CCCO4)C2c2ccccc2)c1. The van der Waals surface area contributed by atoms with Crippen molar-refractivity contribution in [1.29, 1.82) is 0 Å². The van der Waals surface area contributed by atoms with Crippen LogP contribution in [0.4, 0.5) is 5.69 Å². The summed E-state index contributed by atoms with van der Waals surface area (Å²) in [6, 6.07) is 18.3. The molecule has 1 fully saturated rings. The lowest BCUT2D eigenvalue weighted by Crippen LogP contribution is -2.29. The third-order valence-corrected chi connectivity index (χ3v) is 6.13. The highest BCUT2D eigenvalue weighted by atomic mass is 16.5. The van der Waals surface area contributed by atoms with Crippen LogP contribution in [0.2, 0.25) is 0 Å². The first-order chi connectivity index (χ1) is 16.0. The van der Waals surface area contributed by atoms with E-state index < -0.39 is 17.7 Å². The van der Waals surface area contributed by atoms with Crippen LogP contribution in [0.5, 0.6) is 11.5 Å². The number of ether oxygens (including phenoxy) is 1. The average molecular weight is 441 g/mol. The van der Waals surface area contributed by atoms with Crippen molar-refractivity contribution in [2.75, 3.05) is 11.5 Å². The van der Waals surface area contributed by atoms with E-state index in [1.165, 1.54) is 11.0 Å². The first-order valence-corrected chi connectivity index (χ1v) is 10.9. The van der Waals surface area contributed by atoms with Crippen molar-refractivity contribution in [2.24, 2.45) is 0 Å². The third kappa shape index (κ3) is 3.53. The number of fused-ring (bicyclic) bond motifs is 1. The second-order valence-electron chi connectivity index (χ2n) is 8.35. The van der Waals surface area contributed by atoms with Gasteiger partial charge in [-0.05, 0) is 66.8 Å². The largest absolute Gasteiger partial charge is 0.507 e. The number of phenolic OH excluding ortho intramolecular Hbond substituents is 1. The molecule has 0 bridgehead atoms. The number of benzene rings is 3. The van der Waals surface area contributed by atoms with E-state index in [0.29, 0.717) is 17.7 Å². The van der Waals surface area contributed by atoms with Crippen molar-refractivity contribution >= 4 is 23.1 Å². The number of hydrogen-bond acceptors (Lipinski definition) is 5. The first-order valence-electron chi connectivity index (χ1n) is 10.9. The fourth-order valence-electron chi connectivity index (χ4n) is 4.52. The van der Waals surface area contributed by atoms with Crippen molar-refractivity contribution in [3.8, 4) is 11.5 Å². The zero-order valence-corrected chi connectivity index (χ0v) is 18.1. The Labute approximate surface area is 191 Å². The monoisotopic (exact) mass is 441 g/mol. The molecule has 166 valence electrons. The fourth-order valence-corrected chi connectivity index (χ4v) is 4.52. The van der Waals surface area contributed by atoms with Gasteiger partial charge in [0, 0.05) is 5.56 Å². The van der Waals surface area contributed by atoms with Gasteiger partial charge >= 0.3 is 0 Å². The highest BCUT2D eigenvalue weighted by Crippen LogP contribution is 2.45. The fraction of sp³-hybridized carbons (Fsp3) is 0.185. The molecule has 0 aromatic heterocycles. The van der Waals surface area contributed by atoms with Gasteiger partial charge in [0.15, 0.2) is 0 Å². The number of amides is 1. The molecule has 2 aliphatic rings. The average Bonchev–Trinajstić information content (AvgIpc) is 3.10. The molecule has 0 radical (unpaired) electrons. The van der Waals surface area contributed by atoms with Crippen molar-refractivity contribution in [1.82, 2.24) is 0 Å². The van der Waals surface area contributed by atoms with E-state index in [4.69, 9.17) is 4.74 Å². The second-order valence-corrected chi connectivity index (χ2v) is 8.35. The molecule has 0 aliphatic carbocycles. The van der Waals surface area contributed by atoms with Crippen LogP contribution in [0.1, 0.15) is 34.7 Å². The maximum absolute atomic E-state index is 13.3. The Morgan fingerprint density at radius 1 is 1.03 bits per heavy atom. The summed E-state index contributed by atoms with van der Waals surface area (Å²) in [4.78, 5) is 27.8. The minimum Gasteiger partial charge on any atom is -0.507 e. The lowest BCUT2D eigenvalue weighted by molar-refractivity contribution is -0.132. The molecule has 1 amide bonds. The van der Waals surface area contributed by atoms with Crippen LogP contribution in [0.15, 0.2) is 72.3 Å². The summed E-state index contributed by atoms with van der Waals surface area (Å²) in [5.41, 5.74) is 3.10. The van der Waals surface area contributed by atoms with Gasteiger partial charge < -0.3 is 14.9 Å². The molecule has 0 spiro atoms. The van der Waals surface area contributed by atoms with Gasteiger partial charge in [-0.15, -0.1) is 0 Å². The number of aliphatic hydroxyl groups is 1. The number of aliphatic hydroxyl groups excluding tert-OH is 1. The molecular weight excluding hydrogens is 418 g/mol. The number of anilines is 1. The number of phenols is 1. The molecule has 2 N–H and O–H groups in total. The van der Waals surface area contributed by atoms with Crippen molar-refractivity contribution in [3.05, 3.63) is 94.6 Å². The molecule has 0 saturated carbocycles. The summed E-state index contributed by atoms with van der Waals surface area (Å²) in [6.45, 7) is 2.49. The number of aryl methyl sites for hydroxylation is 2. The zero-order valence-electron chi connectivity index (χ0n) is 18.1. The standard InChI is InChI=1S/C27H23NO5/c1-16-9-11-21(29)20(14-16)28-24(17-6-3-2-4-7-17)23(26(31)27(28)32)25(30)19-10-12-22-18(15-19)8-5-13-33-22/h2-4,6-7,9-12,14-15,24,29-30H,5,8,13H2,1H3/b25-23-. The summed E-state index contributed by atoms with van der Waals surface area (Å²) in [5.74, 6) is -1.19. The van der Waals surface area contributed by atoms with Crippen LogP contribution in [-0.2, 0) is 16.0 Å². The summed E-state index contributed by atoms with van der Waals surface area (Å²) in [7, 11) is 0. The quantitative estimate of drug-likeness (QED) is 0.351. The number of carbonyl (C=O) groups excluding carboxylic acids is 2. The van der Waals surface area contributed by atoms with Crippen molar-refractivity contribution < 1.29 is 24.5 Å². The van der Waals surface area contributed by atoms with Crippen LogP contribution < -0.4 is 9.64 Å². The number of Topliss-reactive ketones (excluding diaryl/α,β-unsaturated/α-hetero) is 1.